The van der Waals surface area contributed by atoms with Gasteiger partial charge in [0.25, 0.3) is 0 Å². The molecule has 1 heterocycles. The highest BCUT2D eigenvalue weighted by atomic mass is 16.5. The van der Waals surface area contributed by atoms with Crippen molar-refractivity contribution < 1.29 is 14.3 Å². The lowest BCUT2D eigenvalue weighted by molar-refractivity contribution is 0.101. The van der Waals surface area contributed by atoms with Crippen molar-refractivity contribution in [3.8, 4) is 11.5 Å². The summed E-state index contributed by atoms with van der Waals surface area (Å²) < 4.78 is 12.7. The summed E-state index contributed by atoms with van der Waals surface area (Å²) in [5.41, 5.74) is 3.65. The van der Waals surface area contributed by atoms with E-state index in [2.05, 4.69) is 23.7 Å². The van der Waals surface area contributed by atoms with Gasteiger partial charge in [-0.15, -0.1) is 0 Å². The minimum atomic E-state index is 0.0628. The molecular weight excluding hydrogens is 304 g/mol. The Hall–Kier alpha value is -2.43. The molecular formula is C19H26N2O3. The van der Waals surface area contributed by atoms with Gasteiger partial charge >= 0.3 is 0 Å². The number of aromatic nitrogens is 1. The zero-order chi connectivity index (χ0) is 17.9. The van der Waals surface area contributed by atoms with E-state index in [1.54, 1.807) is 20.3 Å². The molecule has 0 spiro atoms. The number of carbonyl (C=O) groups is 1. The maximum Gasteiger partial charge on any atom is 0.183 e. The van der Waals surface area contributed by atoms with E-state index in [1.807, 2.05) is 32.0 Å². The van der Waals surface area contributed by atoms with Crippen LogP contribution in [0.1, 0.15) is 41.6 Å². The Morgan fingerprint density at radius 1 is 1.17 bits per heavy atom. The average molecular weight is 330 g/mol. The van der Waals surface area contributed by atoms with Crippen LogP contribution in [0.2, 0.25) is 0 Å². The van der Waals surface area contributed by atoms with Crippen LogP contribution in [-0.2, 0) is 0 Å². The summed E-state index contributed by atoms with van der Waals surface area (Å²) in [7, 11) is 3.20. The van der Waals surface area contributed by atoms with Crippen LogP contribution in [0.5, 0.6) is 11.5 Å². The molecule has 1 aromatic heterocycles. The van der Waals surface area contributed by atoms with Crippen molar-refractivity contribution in [1.29, 1.82) is 0 Å². The highest BCUT2D eigenvalue weighted by molar-refractivity contribution is 6.00. The monoisotopic (exact) mass is 330 g/mol. The summed E-state index contributed by atoms with van der Waals surface area (Å²) >= 11 is 0. The van der Waals surface area contributed by atoms with Crippen LogP contribution in [0.4, 0.5) is 5.69 Å². The third kappa shape index (κ3) is 3.55. The van der Waals surface area contributed by atoms with E-state index in [0.717, 1.165) is 22.6 Å². The van der Waals surface area contributed by atoms with Crippen molar-refractivity contribution in [3.63, 3.8) is 0 Å². The SMILES string of the molecule is COc1ccc(NCC(=O)c2cc(C)n(C(C)C)c2C)c(OC)c1. The van der Waals surface area contributed by atoms with Crippen LogP contribution in [0, 0.1) is 13.8 Å². The summed E-state index contributed by atoms with van der Waals surface area (Å²) in [6.45, 7) is 8.48. The standard InChI is InChI=1S/C19H26N2O3/c1-12(2)21-13(3)9-16(14(21)4)18(22)11-20-17-8-7-15(23-5)10-19(17)24-6/h7-10,12,20H,11H2,1-6H3. The normalized spacial score (nSPS) is 10.8. The number of benzene rings is 1. The number of methoxy groups -OCH3 is 2. The Balaban J connectivity index is 2.16. The maximum absolute atomic E-state index is 12.6. The quantitative estimate of drug-likeness (QED) is 0.780. The number of nitrogens with one attached hydrogen (secondary N) is 1. The van der Waals surface area contributed by atoms with Gasteiger partial charge in [0.15, 0.2) is 5.78 Å². The van der Waals surface area contributed by atoms with Gasteiger partial charge in [0.05, 0.1) is 26.5 Å². The lowest BCUT2D eigenvalue weighted by atomic mass is 10.1. The molecule has 24 heavy (non-hydrogen) atoms. The first-order valence-corrected chi connectivity index (χ1v) is 8.06. The molecule has 1 N–H and O–H groups in total. The van der Waals surface area contributed by atoms with Gasteiger partial charge in [0, 0.05) is 29.1 Å². The van der Waals surface area contributed by atoms with E-state index in [9.17, 15) is 4.79 Å². The summed E-state index contributed by atoms with van der Waals surface area (Å²) in [5.74, 6) is 1.42. The molecule has 0 atom stereocenters. The fourth-order valence-electron chi connectivity index (χ4n) is 3.07. The number of aryl methyl sites for hydroxylation is 1. The zero-order valence-corrected chi connectivity index (χ0v) is 15.3. The lowest BCUT2D eigenvalue weighted by Crippen LogP contribution is -2.15. The fourth-order valence-corrected chi connectivity index (χ4v) is 3.07. The predicted octanol–water partition coefficient (Wildman–Crippen LogP) is 4.00. The van der Waals surface area contributed by atoms with Gasteiger partial charge in [-0.1, -0.05) is 0 Å². The number of hydrogen-bond donors (Lipinski definition) is 1. The van der Waals surface area contributed by atoms with Crippen LogP contribution < -0.4 is 14.8 Å². The van der Waals surface area contributed by atoms with Gasteiger partial charge in [-0.25, -0.2) is 0 Å². The van der Waals surface area contributed by atoms with Crippen molar-refractivity contribution in [3.05, 3.63) is 41.2 Å². The Morgan fingerprint density at radius 3 is 2.42 bits per heavy atom. The maximum atomic E-state index is 12.6. The van der Waals surface area contributed by atoms with Crippen molar-refractivity contribution in [2.75, 3.05) is 26.1 Å². The second-order valence-corrected chi connectivity index (χ2v) is 6.09. The van der Waals surface area contributed by atoms with Gasteiger partial charge < -0.3 is 19.4 Å². The van der Waals surface area contributed by atoms with Gasteiger partial charge in [-0.3, -0.25) is 4.79 Å². The Labute approximate surface area is 143 Å². The van der Waals surface area contributed by atoms with Gasteiger partial charge in [-0.05, 0) is 45.9 Å². The van der Waals surface area contributed by atoms with Crippen molar-refractivity contribution in [1.82, 2.24) is 4.57 Å². The van der Waals surface area contributed by atoms with Crippen molar-refractivity contribution in [2.45, 2.75) is 33.7 Å². The number of anilines is 1. The first-order chi connectivity index (χ1) is 11.4. The minimum Gasteiger partial charge on any atom is -0.497 e. The number of ketones is 1. The molecule has 0 fully saturated rings. The first-order valence-electron chi connectivity index (χ1n) is 8.06. The highest BCUT2D eigenvalue weighted by Gasteiger charge is 2.17. The lowest BCUT2D eigenvalue weighted by Gasteiger charge is -2.14. The minimum absolute atomic E-state index is 0.0628. The largest absolute Gasteiger partial charge is 0.497 e. The second kappa shape index (κ2) is 7.43. The molecule has 5 nitrogen and oxygen atoms in total. The molecule has 5 heteroatoms. The van der Waals surface area contributed by atoms with E-state index in [4.69, 9.17) is 9.47 Å². The Kier molecular flexibility index (Phi) is 5.54. The number of ether oxygens (including phenoxy) is 2. The molecule has 1 aromatic carbocycles. The van der Waals surface area contributed by atoms with Gasteiger partial charge in [0.2, 0.25) is 0 Å². The average Bonchev–Trinajstić information content (AvgIpc) is 2.87. The molecule has 0 unspecified atom stereocenters. The number of Topliss-reactive ketones (excluding diaryl/α,β-unsaturated/α-hetero) is 1. The molecule has 2 aromatic rings. The summed E-state index contributed by atoms with van der Waals surface area (Å²) in [4.78, 5) is 12.6. The van der Waals surface area contributed by atoms with Crippen LogP contribution in [-0.4, -0.2) is 31.1 Å². The summed E-state index contributed by atoms with van der Waals surface area (Å²) in [6.07, 6.45) is 0. The Morgan fingerprint density at radius 2 is 1.88 bits per heavy atom. The smallest absolute Gasteiger partial charge is 0.183 e. The molecule has 0 saturated carbocycles. The molecule has 130 valence electrons. The van der Waals surface area contributed by atoms with Gasteiger partial charge in [0.1, 0.15) is 11.5 Å². The van der Waals surface area contributed by atoms with Crippen LogP contribution in [0.15, 0.2) is 24.3 Å². The third-order valence-corrected chi connectivity index (χ3v) is 4.15. The van der Waals surface area contributed by atoms with E-state index in [0.29, 0.717) is 17.5 Å². The predicted molar refractivity (Wildman–Crippen MR) is 96.7 cm³/mol. The van der Waals surface area contributed by atoms with E-state index >= 15 is 0 Å². The van der Waals surface area contributed by atoms with Crippen molar-refractivity contribution in [2.24, 2.45) is 0 Å². The van der Waals surface area contributed by atoms with E-state index in [-0.39, 0.29) is 12.3 Å². The summed E-state index contributed by atoms with van der Waals surface area (Å²) in [6, 6.07) is 7.77. The highest BCUT2D eigenvalue weighted by Crippen LogP contribution is 2.29. The van der Waals surface area contributed by atoms with E-state index < -0.39 is 0 Å². The number of nitrogens with zero attached hydrogens (tertiary/aromatic N) is 1. The van der Waals surface area contributed by atoms with Gasteiger partial charge in [-0.2, -0.15) is 0 Å². The van der Waals surface area contributed by atoms with E-state index in [1.165, 1.54) is 0 Å². The molecule has 0 aliphatic rings. The van der Waals surface area contributed by atoms with Crippen LogP contribution in [0.3, 0.4) is 0 Å². The summed E-state index contributed by atoms with van der Waals surface area (Å²) in [5, 5.41) is 3.16. The number of carbonyl (C=O) groups excluding carboxylic acids is 1. The molecule has 0 radical (unpaired) electrons. The zero-order valence-electron chi connectivity index (χ0n) is 15.3. The topological polar surface area (TPSA) is 52.5 Å². The molecule has 0 amide bonds. The third-order valence-electron chi connectivity index (χ3n) is 4.15. The molecule has 0 aliphatic carbocycles. The second-order valence-electron chi connectivity index (χ2n) is 6.09. The number of rotatable bonds is 7. The van der Waals surface area contributed by atoms with Crippen molar-refractivity contribution >= 4 is 11.5 Å². The van der Waals surface area contributed by atoms with Crippen LogP contribution >= 0.6 is 0 Å². The molecule has 0 aliphatic heterocycles. The molecule has 0 bridgehead atoms. The van der Waals surface area contributed by atoms with Crippen LogP contribution in [0.25, 0.3) is 0 Å². The Bertz CT molecular complexity index is 732. The fraction of sp³-hybridized carbons (Fsp3) is 0.421. The first kappa shape index (κ1) is 17.9. The number of hydrogen-bond acceptors (Lipinski definition) is 4. The molecule has 2 rings (SSSR count). The molecule has 0 saturated heterocycles.